The zero-order valence-electron chi connectivity index (χ0n) is 11.7. The van der Waals surface area contributed by atoms with Gasteiger partial charge in [-0.1, -0.05) is 24.3 Å². The van der Waals surface area contributed by atoms with Gasteiger partial charge in [-0.25, -0.2) is 0 Å². The summed E-state index contributed by atoms with van der Waals surface area (Å²) in [4.78, 5) is 14.4. The number of nitrogens with zero attached hydrogens (tertiary/aromatic N) is 1. The molecular formula is C15H23ClN2O. The van der Waals surface area contributed by atoms with E-state index in [0.29, 0.717) is 5.91 Å². The molecule has 0 bridgehead atoms. The number of nitrogens with one attached hydrogen (secondary N) is 1. The number of hydrogen-bond donors (Lipinski definition) is 1. The van der Waals surface area contributed by atoms with E-state index in [-0.39, 0.29) is 18.3 Å². The van der Waals surface area contributed by atoms with Crippen LogP contribution < -0.4 is 5.32 Å². The molecule has 0 aromatic heterocycles. The van der Waals surface area contributed by atoms with Crippen molar-refractivity contribution in [3.05, 3.63) is 35.4 Å². The Labute approximate surface area is 121 Å². The summed E-state index contributed by atoms with van der Waals surface area (Å²) in [5.41, 5.74) is 2.51. The molecule has 106 valence electrons. The molecule has 1 amide bonds. The van der Waals surface area contributed by atoms with Crippen LogP contribution in [-0.4, -0.2) is 30.4 Å². The highest BCUT2D eigenvalue weighted by molar-refractivity contribution is 5.85. The van der Waals surface area contributed by atoms with Crippen LogP contribution in [0.1, 0.15) is 24.5 Å². The summed E-state index contributed by atoms with van der Waals surface area (Å²) in [5.74, 6) is 0.472. The molecule has 1 aliphatic rings. The Hall–Kier alpha value is -1.06. The van der Waals surface area contributed by atoms with Crippen molar-refractivity contribution in [3.63, 3.8) is 0 Å². The molecule has 0 spiro atoms. The van der Waals surface area contributed by atoms with Crippen LogP contribution in [0.5, 0.6) is 0 Å². The van der Waals surface area contributed by atoms with E-state index in [1.54, 1.807) is 0 Å². The summed E-state index contributed by atoms with van der Waals surface area (Å²) in [6.07, 6.45) is 0.975. The van der Waals surface area contributed by atoms with Gasteiger partial charge in [0.2, 0.25) is 5.91 Å². The van der Waals surface area contributed by atoms with Crippen LogP contribution in [-0.2, 0) is 11.3 Å². The van der Waals surface area contributed by atoms with Crippen LogP contribution in [0.3, 0.4) is 0 Å². The average Bonchev–Trinajstić information content (AvgIpc) is 2.91. The number of halogens is 1. The Bertz CT molecular complexity index is 416. The maximum absolute atomic E-state index is 12.4. The second kappa shape index (κ2) is 7.51. The number of aryl methyl sites for hydroxylation is 1. The fraction of sp³-hybridized carbons (Fsp3) is 0.533. The molecule has 19 heavy (non-hydrogen) atoms. The van der Waals surface area contributed by atoms with Crippen molar-refractivity contribution in [1.82, 2.24) is 10.2 Å². The first-order valence-corrected chi connectivity index (χ1v) is 6.76. The van der Waals surface area contributed by atoms with Crippen LogP contribution in [0, 0.1) is 12.8 Å². The Morgan fingerprint density at radius 2 is 2.16 bits per heavy atom. The van der Waals surface area contributed by atoms with Crippen LogP contribution in [0.4, 0.5) is 0 Å². The van der Waals surface area contributed by atoms with Gasteiger partial charge in [0.25, 0.3) is 0 Å². The fourth-order valence-corrected chi connectivity index (χ4v) is 2.46. The third-order valence-electron chi connectivity index (χ3n) is 3.73. The number of hydrogen-bond acceptors (Lipinski definition) is 2. The highest BCUT2D eigenvalue weighted by Crippen LogP contribution is 2.16. The van der Waals surface area contributed by atoms with Gasteiger partial charge in [0.15, 0.2) is 0 Å². The maximum Gasteiger partial charge on any atom is 0.227 e. The molecule has 1 aromatic carbocycles. The van der Waals surface area contributed by atoms with Gasteiger partial charge in [-0.05, 0) is 37.9 Å². The standard InChI is InChI=1S/C15H22N2O.ClH/c1-3-17(15(18)13-8-9-16-10-13)11-14-7-5-4-6-12(14)2;/h4-7,13,16H,3,8-11H2,1-2H3;1H. The molecule has 0 aliphatic carbocycles. The zero-order valence-corrected chi connectivity index (χ0v) is 12.5. The largest absolute Gasteiger partial charge is 0.338 e. The molecule has 0 saturated carbocycles. The van der Waals surface area contributed by atoms with Gasteiger partial charge in [-0.3, -0.25) is 4.79 Å². The second-order valence-corrected chi connectivity index (χ2v) is 4.97. The Balaban J connectivity index is 0.00000180. The number of carbonyl (C=O) groups is 1. The molecule has 1 N–H and O–H groups in total. The fourth-order valence-electron chi connectivity index (χ4n) is 2.46. The third kappa shape index (κ3) is 3.95. The lowest BCUT2D eigenvalue weighted by atomic mass is 10.1. The molecule has 1 saturated heterocycles. The lowest BCUT2D eigenvalue weighted by Crippen LogP contribution is -2.36. The van der Waals surface area contributed by atoms with Gasteiger partial charge in [0, 0.05) is 19.6 Å². The van der Waals surface area contributed by atoms with Crippen molar-refractivity contribution in [2.75, 3.05) is 19.6 Å². The average molecular weight is 283 g/mol. The van der Waals surface area contributed by atoms with Crippen LogP contribution >= 0.6 is 12.4 Å². The van der Waals surface area contributed by atoms with Gasteiger partial charge in [0.05, 0.1) is 5.92 Å². The lowest BCUT2D eigenvalue weighted by Gasteiger charge is -2.24. The molecular weight excluding hydrogens is 260 g/mol. The quantitative estimate of drug-likeness (QED) is 0.920. The van der Waals surface area contributed by atoms with E-state index in [1.165, 1.54) is 11.1 Å². The minimum atomic E-state index is 0. The first-order valence-electron chi connectivity index (χ1n) is 6.76. The molecule has 4 heteroatoms. The molecule has 3 nitrogen and oxygen atoms in total. The Morgan fingerprint density at radius 1 is 1.42 bits per heavy atom. The summed E-state index contributed by atoms with van der Waals surface area (Å²) < 4.78 is 0. The van der Waals surface area contributed by atoms with Crippen molar-refractivity contribution in [2.45, 2.75) is 26.8 Å². The van der Waals surface area contributed by atoms with E-state index in [2.05, 4.69) is 31.3 Å². The predicted octanol–water partition coefficient (Wildman–Crippen LogP) is 2.37. The van der Waals surface area contributed by atoms with Gasteiger partial charge < -0.3 is 10.2 Å². The Morgan fingerprint density at radius 3 is 2.74 bits per heavy atom. The predicted molar refractivity (Wildman–Crippen MR) is 80.5 cm³/mol. The molecule has 1 heterocycles. The molecule has 1 atom stereocenters. The van der Waals surface area contributed by atoms with Crippen molar-refractivity contribution < 1.29 is 4.79 Å². The number of benzene rings is 1. The first-order chi connectivity index (χ1) is 8.72. The van der Waals surface area contributed by atoms with E-state index in [1.807, 2.05) is 17.0 Å². The summed E-state index contributed by atoms with van der Waals surface area (Å²) >= 11 is 0. The SMILES string of the molecule is CCN(Cc1ccccc1C)C(=O)C1CCNC1.Cl. The van der Waals surface area contributed by atoms with E-state index >= 15 is 0 Å². The van der Waals surface area contributed by atoms with E-state index < -0.39 is 0 Å². The molecule has 2 rings (SSSR count). The minimum absolute atomic E-state index is 0. The lowest BCUT2D eigenvalue weighted by molar-refractivity contribution is -0.135. The second-order valence-electron chi connectivity index (χ2n) is 4.97. The summed E-state index contributed by atoms with van der Waals surface area (Å²) in [6, 6.07) is 8.29. The van der Waals surface area contributed by atoms with E-state index in [9.17, 15) is 4.79 Å². The molecule has 1 aliphatic heterocycles. The summed E-state index contributed by atoms with van der Waals surface area (Å²) in [5, 5.41) is 3.26. The topological polar surface area (TPSA) is 32.3 Å². The number of rotatable bonds is 4. The van der Waals surface area contributed by atoms with Crippen molar-refractivity contribution in [1.29, 1.82) is 0 Å². The first kappa shape index (κ1) is 16.0. The van der Waals surface area contributed by atoms with Gasteiger partial charge in [0.1, 0.15) is 0 Å². The molecule has 1 unspecified atom stereocenters. The van der Waals surface area contributed by atoms with E-state index in [4.69, 9.17) is 0 Å². The van der Waals surface area contributed by atoms with Crippen LogP contribution in [0.15, 0.2) is 24.3 Å². The molecule has 0 radical (unpaired) electrons. The highest BCUT2D eigenvalue weighted by atomic mass is 35.5. The van der Waals surface area contributed by atoms with Gasteiger partial charge in [-0.2, -0.15) is 0 Å². The van der Waals surface area contributed by atoms with E-state index in [0.717, 1.165) is 32.6 Å². The number of amides is 1. The summed E-state index contributed by atoms with van der Waals surface area (Å²) in [6.45, 7) is 7.48. The Kier molecular flexibility index (Phi) is 6.32. The normalized spacial score (nSPS) is 17.9. The highest BCUT2D eigenvalue weighted by Gasteiger charge is 2.26. The molecule has 1 aromatic rings. The monoisotopic (exact) mass is 282 g/mol. The minimum Gasteiger partial charge on any atom is -0.338 e. The van der Waals surface area contributed by atoms with Crippen molar-refractivity contribution in [2.24, 2.45) is 5.92 Å². The summed E-state index contributed by atoms with van der Waals surface area (Å²) in [7, 11) is 0. The van der Waals surface area contributed by atoms with Gasteiger partial charge >= 0.3 is 0 Å². The number of carbonyl (C=O) groups excluding carboxylic acids is 1. The third-order valence-corrected chi connectivity index (χ3v) is 3.73. The van der Waals surface area contributed by atoms with Crippen LogP contribution in [0.25, 0.3) is 0 Å². The van der Waals surface area contributed by atoms with Crippen molar-refractivity contribution in [3.8, 4) is 0 Å². The maximum atomic E-state index is 12.4. The van der Waals surface area contributed by atoms with Crippen molar-refractivity contribution >= 4 is 18.3 Å². The van der Waals surface area contributed by atoms with Crippen LogP contribution in [0.2, 0.25) is 0 Å². The van der Waals surface area contributed by atoms with Gasteiger partial charge in [-0.15, -0.1) is 12.4 Å². The zero-order chi connectivity index (χ0) is 13.0. The molecule has 1 fully saturated rings. The smallest absolute Gasteiger partial charge is 0.227 e.